The van der Waals surface area contributed by atoms with Gasteiger partial charge in [-0.05, 0) is 50.5 Å². The Hall–Kier alpha value is -2.09. The first-order valence-corrected chi connectivity index (χ1v) is 11.2. The summed E-state index contributed by atoms with van der Waals surface area (Å²) in [4.78, 5) is 28.5. The fourth-order valence-corrected chi connectivity index (χ4v) is 3.93. The highest BCUT2D eigenvalue weighted by molar-refractivity contribution is 7.92. The second kappa shape index (κ2) is 9.41. The van der Waals surface area contributed by atoms with Crippen LogP contribution in [0.4, 0.5) is 4.79 Å². The zero-order valence-corrected chi connectivity index (χ0v) is 17.9. The highest BCUT2D eigenvalue weighted by Gasteiger charge is 2.24. The molecular formula is C20H30N2O5S. The van der Waals surface area contributed by atoms with Crippen LogP contribution in [0.2, 0.25) is 0 Å². The lowest BCUT2D eigenvalue weighted by molar-refractivity contribution is 0.0746. The van der Waals surface area contributed by atoms with E-state index in [2.05, 4.69) is 0 Å². The molecular weight excluding hydrogens is 380 g/mol. The van der Waals surface area contributed by atoms with Crippen LogP contribution in [0.25, 0.3) is 0 Å². The van der Waals surface area contributed by atoms with Crippen molar-refractivity contribution < 1.29 is 22.7 Å². The first-order chi connectivity index (χ1) is 13.1. The molecule has 0 saturated carbocycles. The molecule has 0 atom stereocenters. The van der Waals surface area contributed by atoms with Crippen LogP contribution in [-0.4, -0.2) is 68.3 Å². The molecule has 8 heteroatoms. The van der Waals surface area contributed by atoms with Crippen molar-refractivity contribution in [2.45, 2.75) is 44.3 Å². The van der Waals surface area contributed by atoms with E-state index >= 15 is 0 Å². The number of carbonyl (C=O) groups excluding carboxylic acids is 2. The second-order valence-corrected chi connectivity index (χ2v) is 10.2. The molecule has 0 N–H and O–H groups in total. The summed E-state index contributed by atoms with van der Waals surface area (Å²) in [5.74, 6) is 0.113. The number of rotatable bonds is 5. The van der Waals surface area contributed by atoms with Gasteiger partial charge in [-0.3, -0.25) is 4.79 Å². The summed E-state index contributed by atoms with van der Waals surface area (Å²) in [5.41, 5.74) is 0.443. The molecule has 1 heterocycles. The van der Waals surface area contributed by atoms with Gasteiger partial charge in [0.2, 0.25) is 0 Å². The number of amides is 2. The number of nitrogens with zero attached hydrogens (tertiary/aromatic N) is 2. The molecule has 1 saturated heterocycles. The highest BCUT2D eigenvalue weighted by atomic mass is 32.2. The van der Waals surface area contributed by atoms with Gasteiger partial charge in [0.05, 0.1) is 16.8 Å². The maximum atomic E-state index is 12.8. The van der Waals surface area contributed by atoms with Crippen molar-refractivity contribution in [1.82, 2.24) is 9.80 Å². The Morgan fingerprint density at radius 1 is 0.964 bits per heavy atom. The van der Waals surface area contributed by atoms with Gasteiger partial charge in [0, 0.05) is 31.7 Å². The van der Waals surface area contributed by atoms with Gasteiger partial charge >= 0.3 is 6.09 Å². The Balaban J connectivity index is 2.00. The molecule has 0 aromatic heterocycles. The van der Waals surface area contributed by atoms with E-state index in [1.54, 1.807) is 35.8 Å². The van der Waals surface area contributed by atoms with Crippen molar-refractivity contribution in [1.29, 1.82) is 0 Å². The van der Waals surface area contributed by atoms with Crippen molar-refractivity contribution in [3.63, 3.8) is 0 Å². The minimum absolute atomic E-state index is 0.161. The zero-order chi connectivity index (χ0) is 20.9. The minimum Gasteiger partial charge on any atom is -0.449 e. The molecule has 1 aromatic rings. The van der Waals surface area contributed by atoms with Gasteiger partial charge in [-0.15, -0.1) is 0 Å². The average molecular weight is 411 g/mol. The smallest absolute Gasteiger partial charge is 0.409 e. The number of carbonyl (C=O) groups is 2. The summed E-state index contributed by atoms with van der Waals surface area (Å²) >= 11 is 0. The van der Waals surface area contributed by atoms with Gasteiger partial charge in [-0.1, -0.05) is 13.8 Å². The summed E-state index contributed by atoms with van der Waals surface area (Å²) in [7, 11) is -3.36. The molecule has 28 heavy (non-hydrogen) atoms. The lowest BCUT2D eigenvalue weighted by Crippen LogP contribution is -2.38. The standard InChI is InChI=1S/C20H30N2O5S/c1-15(2)14-27-20(24)22-11-5-10-21(12-13-22)19(23)17-6-8-18(9-7-17)28(25,26)16(3)4/h6-9,15-16H,5,10-14H2,1-4H3. The first kappa shape index (κ1) is 22.2. The predicted octanol–water partition coefficient (Wildman–Crippen LogP) is 2.81. The molecule has 0 radical (unpaired) electrons. The predicted molar refractivity (Wildman–Crippen MR) is 107 cm³/mol. The molecule has 1 aliphatic heterocycles. The van der Waals surface area contributed by atoms with Gasteiger partial charge in [0.25, 0.3) is 5.91 Å². The topological polar surface area (TPSA) is 84.0 Å². The third-order valence-electron chi connectivity index (χ3n) is 4.63. The normalized spacial score (nSPS) is 15.6. The highest BCUT2D eigenvalue weighted by Crippen LogP contribution is 2.18. The lowest BCUT2D eigenvalue weighted by Gasteiger charge is -2.22. The van der Waals surface area contributed by atoms with Crippen LogP contribution in [0.1, 0.15) is 44.5 Å². The third kappa shape index (κ3) is 5.47. The summed E-state index contributed by atoms with van der Waals surface area (Å²) in [6.45, 7) is 9.52. The Bertz CT molecular complexity index is 787. The van der Waals surface area contributed by atoms with Crippen LogP contribution in [0.5, 0.6) is 0 Å². The number of hydrogen-bond donors (Lipinski definition) is 0. The van der Waals surface area contributed by atoms with Crippen LogP contribution in [0, 0.1) is 5.92 Å². The Kier molecular flexibility index (Phi) is 7.46. The largest absolute Gasteiger partial charge is 0.449 e. The van der Waals surface area contributed by atoms with Gasteiger partial charge in [-0.2, -0.15) is 0 Å². The number of benzene rings is 1. The summed E-state index contributed by atoms with van der Waals surface area (Å²) < 4.78 is 29.7. The van der Waals surface area contributed by atoms with Crippen LogP contribution in [0.15, 0.2) is 29.2 Å². The van der Waals surface area contributed by atoms with E-state index in [1.165, 1.54) is 12.1 Å². The molecule has 2 amide bonds. The fourth-order valence-electron chi connectivity index (χ4n) is 2.87. The Morgan fingerprint density at radius 3 is 2.11 bits per heavy atom. The quantitative estimate of drug-likeness (QED) is 0.745. The molecule has 0 spiro atoms. The van der Waals surface area contributed by atoms with E-state index in [0.717, 1.165) is 0 Å². The molecule has 7 nitrogen and oxygen atoms in total. The molecule has 1 aromatic carbocycles. The molecule has 1 fully saturated rings. The third-order valence-corrected chi connectivity index (χ3v) is 6.80. The maximum Gasteiger partial charge on any atom is 0.409 e. The van der Waals surface area contributed by atoms with E-state index in [9.17, 15) is 18.0 Å². The summed E-state index contributed by atoms with van der Waals surface area (Å²) in [6.07, 6.45) is 0.328. The molecule has 156 valence electrons. The average Bonchev–Trinajstić information content (AvgIpc) is 2.91. The van der Waals surface area contributed by atoms with E-state index in [-0.39, 0.29) is 22.8 Å². The van der Waals surface area contributed by atoms with E-state index in [4.69, 9.17) is 4.74 Å². The SMILES string of the molecule is CC(C)COC(=O)N1CCCN(C(=O)c2ccc(S(=O)(=O)C(C)C)cc2)CC1. The zero-order valence-electron chi connectivity index (χ0n) is 17.1. The monoisotopic (exact) mass is 410 g/mol. The van der Waals surface area contributed by atoms with Crippen molar-refractivity contribution in [2.75, 3.05) is 32.8 Å². The van der Waals surface area contributed by atoms with Crippen LogP contribution < -0.4 is 0 Å². The molecule has 0 bridgehead atoms. The molecule has 0 aliphatic carbocycles. The molecule has 1 aliphatic rings. The van der Waals surface area contributed by atoms with Crippen molar-refractivity contribution >= 4 is 21.8 Å². The number of hydrogen-bond acceptors (Lipinski definition) is 5. The van der Waals surface area contributed by atoms with Crippen LogP contribution in [0.3, 0.4) is 0 Å². The van der Waals surface area contributed by atoms with Gasteiger partial charge in [0.15, 0.2) is 9.84 Å². The van der Waals surface area contributed by atoms with Gasteiger partial charge in [0.1, 0.15) is 0 Å². The van der Waals surface area contributed by atoms with Gasteiger partial charge in [-0.25, -0.2) is 13.2 Å². The Labute approximate surface area is 167 Å². The lowest BCUT2D eigenvalue weighted by atomic mass is 10.2. The van der Waals surface area contributed by atoms with Crippen LogP contribution in [-0.2, 0) is 14.6 Å². The Morgan fingerprint density at radius 2 is 1.54 bits per heavy atom. The van der Waals surface area contributed by atoms with E-state index < -0.39 is 15.1 Å². The summed E-state index contributed by atoms with van der Waals surface area (Å²) in [5, 5.41) is -0.513. The number of ether oxygens (including phenoxy) is 1. The van der Waals surface area contributed by atoms with Crippen molar-refractivity contribution in [2.24, 2.45) is 5.92 Å². The van der Waals surface area contributed by atoms with Crippen LogP contribution >= 0.6 is 0 Å². The van der Waals surface area contributed by atoms with Crippen molar-refractivity contribution in [3.05, 3.63) is 29.8 Å². The minimum atomic E-state index is -3.36. The van der Waals surface area contributed by atoms with E-state index in [0.29, 0.717) is 44.8 Å². The molecule has 2 rings (SSSR count). The van der Waals surface area contributed by atoms with Gasteiger partial charge < -0.3 is 14.5 Å². The number of sulfone groups is 1. The second-order valence-electron chi connectivity index (χ2n) is 7.72. The van der Waals surface area contributed by atoms with Crippen molar-refractivity contribution in [3.8, 4) is 0 Å². The first-order valence-electron chi connectivity index (χ1n) is 9.68. The van der Waals surface area contributed by atoms with E-state index in [1.807, 2.05) is 13.8 Å². The fraction of sp³-hybridized carbons (Fsp3) is 0.600. The maximum absolute atomic E-state index is 12.8. The molecule has 0 unspecified atom stereocenters. The summed E-state index contributed by atoms with van der Waals surface area (Å²) in [6, 6.07) is 6.07.